The van der Waals surface area contributed by atoms with Crippen molar-refractivity contribution in [1.82, 2.24) is 9.97 Å². The first-order valence-electron chi connectivity index (χ1n) is 6.25. The van der Waals surface area contributed by atoms with Gasteiger partial charge in [-0.1, -0.05) is 0 Å². The van der Waals surface area contributed by atoms with E-state index in [9.17, 15) is 4.79 Å². The molecular formula is C14H19N3O2. The van der Waals surface area contributed by atoms with Crippen LogP contribution in [-0.2, 0) is 16.0 Å². The number of aromatic amines is 1. The molecule has 19 heavy (non-hydrogen) atoms. The summed E-state index contributed by atoms with van der Waals surface area (Å²) in [6.45, 7) is 5.48. The number of H-pyrrole nitrogens is 1. The topological polar surface area (TPSA) is 81.0 Å². The summed E-state index contributed by atoms with van der Waals surface area (Å²) in [7, 11) is 0. The van der Waals surface area contributed by atoms with Crippen LogP contribution in [0.4, 0.5) is 0 Å². The van der Waals surface area contributed by atoms with Crippen molar-refractivity contribution in [3.8, 4) is 0 Å². The highest BCUT2D eigenvalue weighted by molar-refractivity contribution is 5.83. The van der Waals surface area contributed by atoms with Crippen LogP contribution < -0.4 is 5.73 Å². The fraction of sp³-hybridized carbons (Fsp3) is 0.429. The molecule has 0 saturated carbocycles. The van der Waals surface area contributed by atoms with Crippen LogP contribution in [0.3, 0.4) is 0 Å². The Bertz CT molecular complexity index is 584. The molecule has 1 atom stereocenters. The average molecular weight is 261 g/mol. The molecule has 2 rings (SSSR count). The molecule has 0 unspecified atom stereocenters. The first-order chi connectivity index (χ1) is 8.87. The van der Waals surface area contributed by atoms with Gasteiger partial charge in [-0.05, 0) is 32.4 Å². The lowest BCUT2D eigenvalue weighted by Gasteiger charge is -2.22. The summed E-state index contributed by atoms with van der Waals surface area (Å²) < 4.78 is 5.27. The fourth-order valence-corrected chi connectivity index (χ4v) is 1.89. The Morgan fingerprint density at radius 3 is 2.95 bits per heavy atom. The summed E-state index contributed by atoms with van der Waals surface area (Å²) in [4.78, 5) is 19.1. The lowest BCUT2D eigenvalue weighted by Crippen LogP contribution is -2.38. The summed E-state index contributed by atoms with van der Waals surface area (Å²) in [5.74, 6) is -0.384. The molecule has 2 aromatic heterocycles. The van der Waals surface area contributed by atoms with E-state index in [-0.39, 0.29) is 5.97 Å². The number of carbonyl (C=O) groups is 1. The predicted molar refractivity (Wildman–Crippen MR) is 73.6 cm³/mol. The zero-order chi connectivity index (χ0) is 14.0. The minimum atomic E-state index is -0.668. The van der Waals surface area contributed by atoms with E-state index in [0.29, 0.717) is 6.42 Å². The van der Waals surface area contributed by atoms with Gasteiger partial charge >= 0.3 is 5.97 Å². The van der Waals surface area contributed by atoms with E-state index >= 15 is 0 Å². The molecule has 5 heteroatoms. The van der Waals surface area contributed by atoms with Gasteiger partial charge in [0.15, 0.2) is 0 Å². The third kappa shape index (κ3) is 3.32. The van der Waals surface area contributed by atoms with Crippen LogP contribution in [0.1, 0.15) is 26.3 Å². The molecule has 0 aliphatic carbocycles. The average Bonchev–Trinajstić information content (AvgIpc) is 2.70. The Hall–Kier alpha value is -1.88. The van der Waals surface area contributed by atoms with Crippen LogP contribution in [0.25, 0.3) is 10.9 Å². The van der Waals surface area contributed by atoms with Gasteiger partial charge in [-0.2, -0.15) is 0 Å². The fourth-order valence-electron chi connectivity index (χ4n) is 1.89. The van der Waals surface area contributed by atoms with Gasteiger partial charge in [0.25, 0.3) is 0 Å². The van der Waals surface area contributed by atoms with Crippen molar-refractivity contribution in [2.75, 3.05) is 0 Å². The number of hydrogen-bond donors (Lipinski definition) is 2. The van der Waals surface area contributed by atoms with Crippen LogP contribution in [0, 0.1) is 0 Å². The molecule has 0 saturated heterocycles. The van der Waals surface area contributed by atoms with E-state index in [0.717, 1.165) is 16.5 Å². The van der Waals surface area contributed by atoms with Gasteiger partial charge in [-0.15, -0.1) is 0 Å². The van der Waals surface area contributed by atoms with E-state index in [2.05, 4.69) is 9.97 Å². The number of nitrogens with two attached hydrogens (primary N) is 1. The molecule has 102 valence electrons. The number of nitrogens with zero attached hydrogens (tertiary/aromatic N) is 1. The van der Waals surface area contributed by atoms with Crippen molar-refractivity contribution in [2.24, 2.45) is 5.73 Å². The van der Waals surface area contributed by atoms with Gasteiger partial charge in [0.2, 0.25) is 0 Å². The quantitative estimate of drug-likeness (QED) is 0.825. The highest BCUT2D eigenvalue weighted by Gasteiger charge is 2.23. The van der Waals surface area contributed by atoms with E-state index in [1.54, 1.807) is 12.4 Å². The number of nitrogens with one attached hydrogen (secondary N) is 1. The smallest absolute Gasteiger partial charge is 0.323 e. The monoisotopic (exact) mass is 261 g/mol. The number of rotatable bonds is 3. The number of carbonyl (C=O) groups excluding carboxylic acids is 1. The molecule has 2 aromatic rings. The van der Waals surface area contributed by atoms with Crippen LogP contribution >= 0.6 is 0 Å². The third-order valence-electron chi connectivity index (χ3n) is 2.72. The SMILES string of the molecule is CC(C)(C)OC(=O)[C@@H](N)Cc1c[nH]c2ccncc12. The molecule has 0 fully saturated rings. The maximum Gasteiger partial charge on any atom is 0.323 e. The van der Waals surface area contributed by atoms with Gasteiger partial charge < -0.3 is 15.5 Å². The van der Waals surface area contributed by atoms with Gasteiger partial charge in [-0.3, -0.25) is 9.78 Å². The molecule has 5 nitrogen and oxygen atoms in total. The molecule has 0 spiro atoms. The number of ether oxygens (including phenoxy) is 1. The first-order valence-corrected chi connectivity index (χ1v) is 6.25. The Labute approximate surface area is 112 Å². The number of hydrogen-bond acceptors (Lipinski definition) is 4. The maximum absolute atomic E-state index is 11.8. The zero-order valence-corrected chi connectivity index (χ0v) is 11.4. The molecule has 0 bridgehead atoms. The maximum atomic E-state index is 11.8. The van der Waals surface area contributed by atoms with Crippen LogP contribution in [0.2, 0.25) is 0 Å². The lowest BCUT2D eigenvalue weighted by molar-refractivity contribution is -0.156. The Balaban J connectivity index is 2.10. The van der Waals surface area contributed by atoms with Crippen molar-refractivity contribution < 1.29 is 9.53 Å². The van der Waals surface area contributed by atoms with Crippen LogP contribution in [0.5, 0.6) is 0 Å². The number of pyridine rings is 1. The molecule has 0 amide bonds. The molecule has 2 heterocycles. The second-order valence-electron chi connectivity index (χ2n) is 5.58. The predicted octanol–water partition coefficient (Wildman–Crippen LogP) is 1.77. The van der Waals surface area contributed by atoms with Crippen LogP contribution in [-0.4, -0.2) is 27.6 Å². The Morgan fingerprint density at radius 2 is 2.26 bits per heavy atom. The minimum Gasteiger partial charge on any atom is -0.459 e. The van der Waals surface area contributed by atoms with Crippen molar-refractivity contribution in [1.29, 1.82) is 0 Å². The lowest BCUT2D eigenvalue weighted by atomic mass is 10.1. The van der Waals surface area contributed by atoms with Gasteiger partial charge in [0, 0.05) is 35.9 Å². The van der Waals surface area contributed by atoms with Crippen LogP contribution in [0.15, 0.2) is 24.7 Å². The summed E-state index contributed by atoms with van der Waals surface area (Å²) in [5.41, 5.74) is 7.34. The van der Waals surface area contributed by atoms with Crippen molar-refractivity contribution >= 4 is 16.9 Å². The Kier molecular flexibility index (Phi) is 3.57. The first kappa shape index (κ1) is 13.5. The number of esters is 1. The Morgan fingerprint density at radius 1 is 1.53 bits per heavy atom. The van der Waals surface area contributed by atoms with Crippen molar-refractivity contribution in [3.05, 3.63) is 30.2 Å². The van der Waals surface area contributed by atoms with E-state index < -0.39 is 11.6 Å². The molecule has 0 radical (unpaired) electrons. The third-order valence-corrected chi connectivity index (χ3v) is 2.72. The largest absolute Gasteiger partial charge is 0.459 e. The molecule has 3 N–H and O–H groups in total. The molecule has 0 aliphatic rings. The highest BCUT2D eigenvalue weighted by Crippen LogP contribution is 2.18. The second-order valence-corrected chi connectivity index (χ2v) is 5.58. The summed E-state index contributed by atoms with van der Waals surface area (Å²) in [6, 6.07) is 1.22. The van der Waals surface area contributed by atoms with Gasteiger partial charge in [0.1, 0.15) is 11.6 Å². The highest BCUT2D eigenvalue weighted by atomic mass is 16.6. The summed E-state index contributed by atoms with van der Waals surface area (Å²) in [6.07, 6.45) is 5.77. The normalized spacial score (nSPS) is 13.5. The van der Waals surface area contributed by atoms with E-state index in [1.807, 2.05) is 33.0 Å². The standard InChI is InChI=1S/C14H19N3O2/c1-14(2,3)19-13(18)11(15)6-9-7-17-12-4-5-16-8-10(9)12/h4-5,7-8,11,17H,6,15H2,1-3H3/t11-/m0/s1. The summed E-state index contributed by atoms with van der Waals surface area (Å²) >= 11 is 0. The molecule has 0 aromatic carbocycles. The minimum absolute atomic E-state index is 0.384. The second kappa shape index (κ2) is 5.01. The number of aromatic nitrogens is 2. The summed E-state index contributed by atoms with van der Waals surface area (Å²) in [5, 5.41) is 0.988. The van der Waals surface area contributed by atoms with Gasteiger partial charge in [0.05, 0.1) is 0 Å². The van der Waals surface area contributed by atoms with Crippen molar-refractivity contribution in [3.63, 3.8) is 0 Å². The zero-order valence-electron chi connectivity index (χ0n) is 11.4. The van der Waals surface area contributed by atoms with E-state index in [4.69, 9.17) is 10.5 Å². The van der Waals surface area contributed by atoms with Crippen molar-refractivity contribution in [2.45, 2.75) is 38.8 Å². The number of fused-ring (bicyclic) bond motifs is 1. The molecule has 0 aliphatic heterocycles. The molecular weight excluding hydrogens is 242 g/mol. The van der Waals surface area contributed by atoms with Gasteiger partial charge in [-0.25, -0.2) is 0 Å². The van der Waals surface area contributed by atoms with E-state index in [1.165, 1.54) is 0 Å².